The van der Waals surface area contributed by atoms with Crippen LogP contribution in [0.1, 0.15) is 16.7 Å². The Morgan fingerprint density at radius 3 is 2.41 bits per heavy atom. The molecule has 0 bridgehead atoms. The van der Waals surface area contributed by atoms with Gasteiger partial charge >= 0.3 is 0 Å². The van der Waals surface area contributed by atoms with Gasteiger partial charge in [0.15, 0.2) is 11.0 Å². The number of rotatable bonds is 5. The number of hydrogen-bond acceptors (Lipinski definition) is 4. The van der Waals surface area contributed by atoms with E-state index in [2.05, 4.69) is 16.3 Å². The van der Waals surface area contributed by atoms with E-state index < -0.39 is 0 Å². The van der Waals surface area contributed by atoms with Gasteiger partial charge in [0.25, 0.3) is 0 Å². The van der Waals surface area contributed by atoms with Gasteiger partial charge in [-0.15, -0.1) is 10.2 Å². The number of para-hydroxylation sites is 1. The average molecular weight is 400 g/mol. The number of nitriles is 1. The van der Waals surface area contributed by atoms with E-state index in [1.807, 2.05) is 47.9 Å². The first kappa shape index (κ1) is 18.9. The molecule has 0 unspecified atom stereocenters. The number of aryl methyl sites for hydroxylation is 1. The molecule has 0 N–H and O–H groups in total. The maximum absolute atomic E-state index is 14.5. The molecule has 0 saturated carbocycles. The van der Waals surface area contributed by atoms with Crippen molar-refractivity contribution in [3.8, 4) is 23.1 Å². The van der Waals surface area contributed by atoms with Gasteiger partial charge in [0.1, 0.15) is 5.82 Å². The molecule has 0 atom stereocenters. The van der Waals surface area contributed by atoms with Crippen LogP contribution < -0.4 is 0 Å². The molecule has 1 heterocycles. The Hall–Kier alpha value is -3.43. The summed E-state index contributed by atoms with van der Waals surface area (Å²) in [6.45, 7) is 2.01. The summed E-state index contributed by atoms with van der Waals surface area (Å²) in [6.07, 6.45) is 0. The highest BCUT2D eigenvalue weighted by molar-refractivity contribution is 7.98. The smallest absolute Gasteiger partial charge is 0.196 e. The van der Waals surface area contributed by atoms with Crippen LogP contribution in [0.2, 0.25) is 0 Å². The van der Waals surface area contributed by atoms with E-state index in [1.54, 1.807) is 30.3 Å². The topological polar surface area (TPSA) is 54.5 Å². The van der Waals surface area contributed by atoms with Crippen molar-refractivity contribution in [3.05, 3.63) is 95.3 Å². The van der Waals surface area contributed by atoms with Crippen LogP contribution in [0.4, 0.5) is 4.39 Å². The third-order valence-electron chi connectivity index (χ3n) is 4.56. The Kier molecular flexibility index (Phi) is 5.41. The zero-order chi connectivity index (χ0) is 20.2. The van der Waals surface area contributed by atoms with Crippen molar-refractivity contribution < 1.29 is 4.39 Å². The van der Waals surface area contributed by atoms with Crippen molar-refractivity contribution >= 4 is 11.8 Å². The summed E-state index contributed by atoms with van der Waals surface area (Å²) in [7, 11) is 0. The Balaban J connectivity index is 1.75. The van der Waals surface area contributed by atoms with Crippen molar-refractivity contribution in [3.63, 3.8) is 0 Å². The summed E-state index contributed by atoms with van der Waals surface area (Å²) >= 11 is 1.52. The third-order valence-corrected chi connectivity index (χ3v) is 5.56. The maximum atomic E-state index is 14.5. The first-order chi connectivity index (χ1) is 14.2. The molecule has 1 aromatic heterocycles. The summed E-state index contributed by atoms with van der Waals surface area (Å²) < 4.78 is 16.4. The first-order valence-electron chi connectivity index (χ1n) is 9.05. The lowest BCUT2D eigenvalue weighted by atomic mass is 10.1. The lowest BCUT2D eigenvalue weighted by Crippen LogP contribution is -2.02. The van der Waals surface area contributed by atoms with Gasteiger partial charge in [0, 0.05) is 5.75 Å². The SMILES string of the molecule is Cc1ccccc1-n1c(SCc2ccc(C#N)cc2)nnc1-c1ccccc1F. The van der Waals surface area contributed by atoms with E-state index >= 15 is 0 Å². The lowest BCUT2D eigenvalue weighted by Gasteiger charge is -2.13. The molecule has 0 saturated heterocycles. The second kappa shape index (κ2) is 8.29. The van der Waals surface area contributed by atoms with Crippen molar-refractivity contribution in [2.45, 2.75) is 17.8 Å². The van der Waals surface area contributed by atoms with Gasteiger partial charge in [-0.3, -0.25) is 4.57 Å². The molecule has 0 fully saturated rings. The highest BCUT2D eigenvalue weighted by Gasteiger charge is 2.19. The minimum Gasteiger partial charge on any atom is -0.270 e. The summed E-state index contributed by atoms with van der Waals surface area (Å²) in [5.74, 6) is 0.797. The molecule has 0 amide bonds. The fourth-order valence-corrected chi connectivity index (χ4v) is 3.94. The number of aromatic nitrogens is 3. The molecule has 29 heavy (non-hydrogen) atoms. The van der Waals surface area contributed by atoms with Gasteiger partial charge in [-0.1, -0.05) is 54.2 Å². The predicted molar refractivity (Wildman–Crippen MR) is 112 cm³/mol. The Labute approximate surface area is 172 Å². The number of benzene rings is 3. The van der Waals surface area contributed by atoms with E-state index in [-0.39, 0.29) is 5.82 Å². The number of hydrogen-bond donors (Lipinski definition) is 0. The molecule has 0 aliphatic rings. The molecule has 142 valence electrons. The fraction of sp³-hybridized carbons (Fsp3) is 0.0870. The average Bonchev–Trinajstić information content (AvgIpc) is 3.16. The number of nitrogens with zero attached hydrogens (tertiary/aromatic N) is 4. The minimum absolute atomic E-state index is 0.335. The van der Waals surface area contributed by atoms with Crippen LogP contribution in [-0.2, 0) is 5.75 Å². The quantitative estimate of drug-likeness (QED) is 0.412. The molecular weight excluding hydrogens is 383 g/mol. The zero-order valence-electron chi connectivity index (χ0n) is 15.7. The van der Waals surface area contributed by atoms with Crippen LogP contribution in [0.25, 0.3) is 17.1 Å². The molecule has 0 radical (unpaired) electrons. The molecule has 4 rings (SSSR count). The summed E-state index contributed by atoms with van der Waals surface area (Å²) in [5, 5.41) is 18.3. The fourth-order valence-electron chi connectivity index (χ4n) is 3.04. The van der Waals surface area contributed by atoms with Gasteiger partial charge < -0.3 is 0 Å². The minimum atomic E-state index is -0.335. The van der Waals surface area contributed by atoms with Gasteiger partial charge in [-0.25, -0.2) is 4.39 Å². The second-order valence-corrected chi connectivity index (χ2v) is 7.45. The van der Waals surface area contributed by atoms with Crippen molar-refractivity contribution in [2.24, 2.45) is 0 Å². The Morgan fingerprint density at radius 1 is 0.966 bits per heavy atom. The van der Waals surface area contributed by atoms with Crippen LogP contribution in [0.15, 0.2) is 78.0 Å². The van der Waals surface area contributed by atoms with E-state index in [4.69, 9.17) is 5.26 Å². The predicted octanol–water partition coefficient (Wildman–Crippen LogP) is 5.55. The molecule has 0 aliphatic heterocycles. The molecule has 4 aromatic rings. The zero-order valence-corrected chi connectivity index (χ0v) is 16.5. The second-order valence-electron chi connectivity index (χ2n) is 6.51. The highest BCUT2D eigenvalue weighted by atomic mass is 32.2. The normalized spacial score (nSPS) is 10.7. The van der Waals surface area contributed by atoms with E-state index in [0.717, 1.165) is 16.8 Å². The van der Waals surface area contributed by atoms with Gasteiger partial charge in [-0.05, 0) is 48.4 Å². The third kappa shape index (κ3) is 3.91. The van der Waals surface area contributed by atoms with Crippen LogP contribution in [0.3, 0.4) is 0 Å². The van der Waals surface area contributed by atoms with Crippen LogP contribution in [0.5, 0.6) is 0 Å². The number of thioether (sulfide) groups is 1. The molecule has 4 nitrogen and oxygen atoms in total. The van der Waals surface area contributed by atoms with E-state index in [9.17, 15) is 4.39 Å². The van der Waals surface area contributed by atoms with Crippen molar-refractivity contribution in [1.82, 2.24) is 14.8 Å². The lowest BCUT2D eigenvalue weighted by molar-refractivity contribution is 0.629. The summed E-state index contributed by atoms with van der Waals surface area (Å²) in [5.41, 5.74) is 4.07. The van der Waals surface area contributed by atoms with Gasteiger partial charge in [-0.2, -0.15) is 5.26 Å². The highest BCUT2D eigenvalue weighted by Crippen LogP contribution is 2.32. The van der Waals surface area contributed by atoms with Crippen LogP contribution >= 0.6 is 11.8 Å². The monoisotopic (exact) mass is 400 g/mol. The Bertz CT molecular complexity index is 1190. The van der Waals surface area contributed by atoms with Crippen LogP contribution in [-0.4, -0.2) is 14.8 Å². The summed E-state index contributed by atoms with van der Waals surface area (Å²) in [6, 6.07) is 24.1. The first-order valence-corrected chi connectivity index (χ1v) is 10.0. The molecule has 3 aromatic carbocycles. The van der Waals surface area contributed by atoms with Gasteiger partial charge in [0.05, 0.1) is 22.9 Å². The van der Waals surface area contributed by atoms with E-state index in [0.29, 0.717) is 27.9 Å². The molecule has 6 heteroatoms. The molecule has 0 aliphatic carbocycles. The summed E-state index contributed by atoms with van der Waals surface area (Å²) in [4.78, 5) is 0. The Morgan fingerprint density at radius 2 is 1.69 bits per heavy atom. The molecular formula is C23H17FN4S. The molecule has 0 spiro atoms. The van der Waals surface area contributed by atoms with Crippen molar-refractivity contribution in [2.75, 3.05) is 0 Å². The van der Waals surface area contributed by atoms with Crippen LogP contribution in [0, 0.1) is 24.1 Å². The van der Waals surface area contributed by atoms with Crippen molar-refractivity contribution in [1.29, 1.82) is 5.26 Å². The van der Waals surface area contributed by atoms with Gasteiger partial charge in [0.2, 0.25) is 0 Å². The maximum Gasteiger partial charge on any atom is 0.196 e. The number of halogens is 1. The van der Waals surface area contributed by atoms with E-state index in [1.165, 1.54) is 17.8 Å². The largest absolute Gasteiger partial charge is 0.270 e. The standard InChI is InChI=1S/C23H17FN4S/c1-16-6-2-5-9-21(16)28-22(19-7-3-4-8-20(19)24)26-27-23(28)29-15-18-12-10-17(14-25)11-13-18/h2-13H,15H2,1H3.